The van der Waals surface area contributed by atoms with Gasteiger partial charge in [0.15, 0.2) is 0 Å². The highest BCUT2D eigenvalue weighted by molar-refractivity contribution is 9.11. The van der Waals surface area contributed by atoms with E-state index in [0.29, 0.717) is 10.5 Å². The van der Waals surface area contributed by atoms with Crippen molar-refractivity contribution in [2.75, 3.05) is 36.5 Å². The Morgan fingerprint density at radius 1 is 1.22 bits per heavy atom. The molecule has 2 aromatic rings. The van der Waals surface area contributed by atoms with Crippen LogP contribution in [0, 0.1) is 0 Å². The molecule has 0 bridgehead atoms. The molecule has 188 valence electrons. The van der Waals surface area contributed by atoms with Gasteiger partial charge in [0.05, 0.1) is 23.2 Å². The monoisotopic (exact) mass is 580 g/mol. The molecule has 3 aliphatic rings. The Morgan fingerprint density at radius 3 is 2.67 bits per heavy atom. The number of anilines is 1. The summed E-state index contributed by atoms with van der Waals surface area (Å²) in [6.07, 6.45) is 11.7. The number of hydrogen-bond acceptors (Lipinski definition) is 4. The van der Waals surface area contributed by atoms with E-state index >= 15 is 0 Å². The maximum atomic E-state index is 10.5. The summed E-state index contributed by atoms with van der Waals surface area (Å²) in [6.45, 7) is 6.50. The van der Waals surface area contributed by atoms with Gasteiger partial charge in [-0.1, -0.05) is 70.9 Å². The molecule has 0 radical (unpaired) electrons. The van der Waals surface area contributed by atoms with E-state index in [4.69, 9.17) is 0 Å². The Morgan fingerprint density at radius 2 is 1.97 bits per heavy atom. The van der Waals surface area contributed by atoms with Gasteiger partial charge in [-0.05, 0) is 64.6 Å². The molecule has 36 heavy (non-hydrogen) atoms. The fourth-order valence-corrected chi connectivity index (χ4v) is 7.41. The molecule has 6 heteroatoms. The van der Waals surface area contributed by atoms with E-state index in [1.807, 2.05) is 0 Å². The molecule has 3 heterocycles. The molecular formula is C30H33BrN2OS2. The van der Waals surface area contributed by atoms with Crippen LogP contribution in [0.15, 0.2) is 82.2 Å². The molecule has 1 atom stereocenters. The molecule has 0 amide bonds. The number of thiophene rings is 1. The van der Waals surface area contributed by atoms with Crippen LogP contribution in [-0.2, 0) is 0 Å². The molecule has 0 spiro atoms. The van der Waals surface area contributed by atoms with Crippen molar-refractivity contribution in [2.24, 2.45) is 0 Å². The summed E-state index contributed by atoms with van der Waals surface area (Å²) in [5.41, 5.74) is 8.32. The number of aliphatic hydroxyl groups is 1. The van der Waals surface area contributed by atoms with E-state index in [1.165, 1.54) is 21.6 Å². The fraction of sp³-hybridized carbons (Fsp3) is 0.300. The van der Waals surface area contributed by atoms with Crippen LogP contribution in [0.25, 0.3) is 11.3 Å². The highest BCUT2D eigenvalue weighted by Crippen LogP contribution is 2.45. The van der Waals surface area contributed by atoms with E-state index < -0.39 is 0 Å². The SMILES string of the molecule is C=C(c1ccc(C2Nc3ccsc3C(CC/C=C\C(Br)=C/C3=CC3)=C2CO)cc1)N1CCS(=C)CC1. The van der Waals surface area contributed by atoms with Crippen LogP contribution in [0.1, 0.15) is 41.3 Å². The third-order valence-electron chi connectivity index (χ3n) is 7.01. The maximum absolute atomic E-state index is 10.5. The summed E-state index contributed by atoms with van der Waals surface area (Å²) in [5.74, 6) is 6.54. The number of halogens is 1. The second kappa shape index (κ2) is 11.5. The Kier molecular flexibility index (Phi) is 8.16. The largest absolute Gasteiger partial charge is 0.392 e. The second-order valence-electron chi connectivity index (χ2n) is 9.43. The first kappa shape index (κ1) is 25.5. The fourth-order valence-electron chi connectivity index (χ4n) is 4.80. The van der Waals surface area contributed by atoms with Crippen LogP contribution in [0.3, 0.4) is 0 Å². The minimum Gasteiger partial charge on any atom is -0.392 e. The summed E-state index contributed by atoms with van der Waals surface area (Å²) < 4.78 is 1.11. The van der Waals surface area contributed by atoms with Crippen molar-refractivity contribution in [3.05, 3.63) is 98.2 Å². The number of allylic oxidation sites excluding steroid dienone is 7. The summed E-state index contributed by atoms with van der Waals surface area (Å²) in [6, 6.07) is 10.9. The van der Waals surface area contributed by atoms with Crippen molar-refractivity contribution < 1.29 is 5.11 Å². The molecule has 1 aromatic heterocycles. The van der Waals surface area contributed by atoms with Crippen molar-refractivity contribution in [1.82, 2.24) is 4.90 Å². The quantitative estimate of drug-likeness (QED) is 0.237. The summed E-state index contributed by atoms with van der Waals surface area (Å²) >= 11 is 5.38. The van der Waals surface area contributed by atoms with E-state index in [2.05, 4.69) is 98.6 Å². The average Bonchev–Trinajstić information content (AvgIpc) is 3.58. The molecule has 1 aromatic carbocycles. The maximum Gasteiger partial charge on any atom is 0.0756 e. The lowest BCUT2D eigenvalue weighted by Crippen LogP contribution is -2.31. The first-order valence-electron chi connectivity index (χ1n) is 12.4. The van der Waals surface area contributed by atoms with E-state index in [-0.39, 0.29) is 12.6 Å². The number of benzene rings is 1. The third kappa shape index (κ3) is 5.88. The normalized spacial score (nSPS) is 20.4. The van der Waals surface area contributed by atoms with Gasteiger partial charge in [-0.2, -0.15) is 10.5 Å². The predicted molar refractivity (Wildman–Crippen MR) is 164 cm³/mol. The molecule has 1 saturated heterocycles. The Bertz CT molecular complexity index is 1270. The molecular weight excluding hydrogens is 548 g/mol. The van der Waals surface area contributed by atoms with Crippen LogP contribution in [0.4, 0.5) is 5.69 Å². The minimum absolute atomic E-state index is 0.0325. The van der Waals surface area contributed by atoms with Gasteiger partial charge in [0.1, 0.15) is 0 Å². The Labute approximate surface area is 229 Å². The molecule has 3 nitrogen and oxygen atoms in total. The van der Waals surface area contributed by atoms with Gasteiger partial charge in [-0.15, -0.1) is 11.3 Å². The molecule has 1 unspecified atom stereocenters. The van der Waals surface area contributed by atoms with Crippen LogP contribution in [0.2, 0.25) is 0 Å². The molecule has 2 N–H and O–H groups in total. The van der Waals surface area contributed by atoms with Crippen LogP contribution in [0.5, 0.6) is 0 Å². The van der Waals surface area contributed by atoms with Crippen molar-refractivity contribution in [2.45, 2.75) is 25.3 Å². The number of nitrogens with zero attached hydrogens (tertiary/aromatic N) is 1. The number of hydrogen-bond donors (Lipinski definition) is 2. The smallest absolute Gasteiger partial charge is 0.0756 e. The van der Waals surface area contributed by atoms with E-state index in [0.717, 1.165) is 70.9 Å². The van der Waals surface area contributed by atoms with Crippen molar-refractivity contribution in [1.29, 1.82) is 0 Å². The van der Waals surface area contributed by atoms with Gasteiger partial charge in [0.25, 0.3) is 0 Å². The van der Waals surface area contributed by atoms with Crippen molar-refractivity contribution in [3.63, 3.8) is 0 Å². The Hall–Kier alpha value is -2.12. The minimum atomic E-state index is -0.0325. The molecule has 1 fully saturated rings. The summed E-state index contributed by atoms with van der Waals surface area (Å²) in [7, 11) is 0.299. The number of nitrogens with one attached hydrogen (secondary N) is 1. The summed E-state index contributed by atoms with van der Waals surface area (Å²) in [5, 5.41) is 16.3. The zero-order valence-electron chi connectivity index (χ0n) is 20.5. The zero-order valence-corrected chi connectivity index (χ0v) is 23.7. The van der Waals surface area contributed by atoms with Crippen molar-refractivity contribution >= 4 is 60.6 Å². The summed E-state index contributed by atoms with van der Waals surface area (Å²) in [4.78, 5) is 3.64. The first-order valence-corrected chi connectivity index (χ1v) is 15.8. The lowest BCUT2D eigenvalue weighted by atomic mass is 9.88. The van der Waals surface area contributed by atoms with Gasteiger partial charge < -0.3 is 15.3 Å². The van der Waals surface area contributed by atoms with E-state index in [1.54, 1.807) is 11.3 Å². The number of aliphatic hydroxyl groups excluding tert-OH is 1. The average molecular weight is 582 g/mol. The highest BCUT2D eigenvalue weighted by atomic mass is 79.9. The van der Waals surface area contributed by atoms with Gasteiger partial charge >= 0.3 is 0 Å². The topological polar surface area (TPSA) is 35.5 Å². The lowest BCUT2D eigenvalue weighted by Gasteiger charge is -2.33. The predicted octanol–water partition coefficient (Wildman–Crippen LogP) is 7.59. The highest BCUT2D eigenvalue weighted by Gasteiger charge is 2.28. The lowest BCUT2D eigenvalue weighted by molar-refractivity contribution is 0.324. The molecule has 1 aliphatic carbocycles. The van der Waals surface area contributed by atoms with Gasteiger partial charge in [0, 0.05) is 34.8 Å². The van der Waals surface area contributed by atoms with Crippen LogP contribution in [-0.4, -0.2) is 47.1 Å². The first-order chi connectivity index (χ1) is 17.5. The molecule has 0 saturated carbocycles. The third-order valence-corrected chi connectivity index (χ3v) is 9.99. The molecule has 2 aliphatic heterocycles. The number of fused-ring (bicyclic) bond motifs is 1. The van der Waals surface area contributed by atoms with Crippen molar-refractivity contribution in [3.8, 4) is 0 Å². The zero-order chi connectivity index (χ0) is 25.1. The number of rotatable bonds is 9. The van der Waals surface area contributed by atoms with Gasteiger partial charge in [-0.3, -0.25) is 0 Å². The van der Waals surface area contributed by atoms with Crippen LogP contribution < -0.4 is 5.32 Å². The standard InChI is InChI=1S/C30H33BrN2OS2/c1-21(33-14-17-36(2)18-15-33)23-9-11-24(12-10-23)29-27(20-34)26(30-28(32-29)13-16-35-30)6-4-3-5-25(31)19-22-7-8-22/h3,5,7,9-13,16,19,29,32,34H,1-2,4,6,8,14-15,17-18,20H2/b5-3-,25-19+. The Balaban J connectivity index is 1.34. The molecule has 5 rings (SSSR count). The van der Waals surface area contributed by atoms with E-state index in [9.17, 15) is 5.11 Å². The van der Waals surface area contributed by atoms with Gasteiger partial charge in [0.2, 0.25) is 0 Å². The van der Waals surface area contributed by atoms with Crippen LogP contribution >= 0.6 is 37.8 Å². The van der Waals surface area contributed by atoms with Gasteiger partial charge in [-0.25, -0.2) is 0 Å². The second-order valence-corrected chi connectivity index (χ2v) is 13.3.